The van der Waals surface area contributed by atoms with Crippen molar-refractivity contribution in [3.05, 3.63) is 46.7 Å². The lowest BCUT2D eigenvalue weighted by atomic mass is 10.3. The van der Waals surface area contributed by atoms with E-state index in [9.17, 15) is 4.79 Å². The number of benzene rings is 1. The normalized spacial score (nSPS) is 10.7. The van der Waals surface area contributed by atoms with Crippen molar-refractivity contribution in [3.63, 3.8) is 0 Å². The van der Waals surface area contributed by atoms with E-state index >= 15 is 0 Å². The van der Waals surface area contributed by atoms with Gasteiger partial charge in [0.2, 0.25) is 4.96 Å². The molecule has 2 N–H and O–H groups in total. The zero-order chi connectivity index (χ0) is 14.7. The summed E-state index contributed by atoms with van der Waals surface area (Å²) in [7, 11) is 0. The molecule has 2 amide bonds. The van der Waals surface area contributed by atoms with Gasteiger partial charge in [-0.05, 0) is 18.2 Å². The van der Waals surface area contributed by atoms with Gasteiger partial charge in [-0.15, -0.1) is 21.5 Å². The molecular formula is C13H12ClN5OS. The molecule has 1 aromatic carbocycles. The van der Waals surface area contributed by atoms with Gasteiger partial charge in [-0.1, -0.05) is 17.7 Å². The van der Waals surface area contributed by atoms with Crippen molar-refractivity contribution in [1.82, 2.24) is 19.9 Å². The molecule has 0 spiro atoms. The molecule has 0 unspecified atom stereocenters. The van der Waals surface area contributed by atoms with Gasteiger partial charge in [-0.3, -0.25) is 4.40 Å². The highest BCUT2D eigenvalue weighted by Crippen LogP contribution is 2.15. The van der Waals surface area contributed by atoms with Crippen LogP contribution in [0.2, 0.25) is 5.02 Å². The van der Waals surface area contributed by atoms with Crippen molar-refractivity contribution in [2.24, 2.45) is 0 Å². The summed E-state index contributed by atoms with van der Waals surface area (Å²) in [6.45, 7) is 0.524. The van der Waals surface area contributed by atoms with Gasteiger partial charge in [-0.25, -0.2) is 4.79 Å². The van der Waals surface area contributed by atoms with Crippen LogP contribution in [-0.4, -0.2) is 27.2 Å². The minimum atomic E-state index is -0.257. The fourth-order valence-electron chi connectivity index (χ4n) is 1.90. The third-order valence-corrected chi connectivity index (χ3v) is 3.99. The Balaban J connectivity index is 1.51. The van der Waals surface area contributed by atoms with Gasteiger partial charge in [0.05, 0.1) is 0 Å². The van der Waals surface area contributed by atoms with Crippen molar-refractivity contribution >= 4 is 39.6 Å². The topological polar surface area (TPSA) is 71.3 Å². The zero-order valence-electron chi connectivity index (χ0n) is 10.9. The highest BCUT2D eigenvalue weighted by atomic mass is 35.5. The van der Waals surface area contributed by atoms with Crippen molar-refractivity contribution in [2.45, 2.75) is 6.42 Å². The SMILES string of the molecule is O=C(NCCc1csc2nncn12)Nc1cccc(Cl)c1. The molecule has 2 aromatic heterocycles. The number of hydrogen-bond donors (Lipinski definition) is 2. The standard InChI is InChI=1S/C13H12ClN5OS/c14-9-2-1-3-10(6-9)17-12(20)15-5-4-11-7-21-13-18-16-8-19(11)13/h1-3,6-8H,4-5H2,(H2,15,17,20). The number of hydrogen-bond acceptors (Lipinski definition) is 4. The third-order valence-electron chi connectivity index (χ3n) is 2.88. The molecule has 0 bridgehead atoms. The van der Waals surface area contributed by atoms with Crippen molar-refractivity contribution in [2.75, 3.05) is 11.9 Å². The maximum Gasteiger partial charge on any atom is 0.319 e. The number of nitrogens with zero attached hydrogens (tertiary/aromatic N) is 3. The van der Waals surface area contributed by atoms with Gasteiger partial charge < -0.3 is 10.6 Å². The van der Waals surface area contributed by atoms with Gasteiger partial charge in [0.25, 0.3) is 0 Å². The Hall–Kier alpha value is -2.12. The van der Waals surface area contributed by atoms with Crippen molar-refractivity contribution in [3.8, 4) is 0 Å². The molecule has 0 aliphatic rings. The van der Waals surface area contributed by atoms with Gasteiger partial charge >= 0.3 is 6.03 Å². The Morgan fingerprint density at radius 3 is 3.19 bits per heavy atom. The second-order valence-electron chi connectivity index (χ2n) is 4.35. The zero-order valence-corrected chi connectivity index (χ0v) is 12.5. The first-order valence-electron chi connectivity index (χ1n) is 6.29. The van der Waals surface area contributed by atoms with Crippen LogP contribution in [0.25, 0.3) is 4.96 Å². The number of rotatable bonds is 4. The highest BCUT2D eigenvalue weighted by Gasteiger charge is 2.06. The molecule has 2 heterocycles. The lowest BCUT2D eigenvalue weighted by molar-refractivity contribution is 0.252. The number of halogens is 1. The summed E-state index contributed by atoms with van der Waals surface area (Å²) in [5, 5.41) is 15.9. The molecule has 0 fully saturated rings. The fraction of sp³-hybridized carbons (Fsp3) is 0.154. The molecule has 3 aromatic rings. The number of carbonyl (C=O) groups is 1. The molecule has 0 radical (unpaired) electrons. The molecule has 0 saturated carbocycles. The number of fused-ring (bicyclic) bond motifs is 1. The van der Waals surface area contributed by atoms with E-state index in [0.29, 0.717) is 23.7 Å². The van der Waals surface area contributed by atoms with E-state index in [1.54, 1.807) is 30.6 Å². The van der Waals surface area contributed by atoms with Gasteiger partial charge in [0, 0.05) is 34.7 Å². The number of nitrogens with one attached hydrogen (secondary N) is 2. The van der Waals surface area contributed by atoms with E-state index < -0.39 is 0 Å². The number of carbonyl (C=O) groups excluding carboxylic acids is 1. The Kier molecular flexibility index (Phi) is 4.03. The average Bonchev–Trinajstić information content (AvgIpc) is 3.03. The minimum absolute atomic E-state index is 0.257. The van der Waals surface area contributed by atoms with Crippen LogP contribution in [0.3, 0.4) is 0 Å². The second kappa shape index (κ2) is 6.11. The summed E-state index contributed by atoms with van der Waals surface area (Å²) in [5.41, 5.74) is 1.74. The molecule has 0 aliphatic heterocycles. The number of aromatic nitrogens is 3. The second-order valence-corrected chi connectivity index (χ2v) is 5.62. The lowest BCUT2D eigenvalue weighted by Crippen LogP contribution is -2.30. The first kappa shape index (κ1) is 13.8. The van der Waals surface area contributed by atoms with Crippen LogP contribution in [0.5, 0.6) is 0 Å². The van der Waals surface area contributed by atoms with E-state index in [4.69, 9.17) is 11.6 Å². The van der Waals surface area contributed by atoms with E-state index in [1.807, 2.05) is 9.78 Å². The van der Waals surface area contributed by atoms with Crippen LogP contribution in [0.4, 0.5) is 10.5 Å². The van der Waals surface area contributed by atoms with Gasteiger partial charge in [-0.2, -0.15) is 0 Å². The number of amides is 2. The molecule has 108 valence electrons. The van der Waals surface area contributed by atoms with Crippen LogP contribution < -0.4 is 10.6 Å². The van der Waals surface area contributed by atoms with Crippen LogP contribution in [0.1, 0.15) is 5.69 Å². The summed E-state index contributed by atoms with van der Waals surface area (Å²) in [6.07, 6.45) is 2.38. The first-order chi connectivity index (χ1) is 10.2. The Morgan fingerprint density at radius 2 is 2.33 bits per heavy atom. The van der Waals surface area contributed by atoms with Gasteiger partial charge in [0.15, 0.2) is 0 Å². The van der Waals surface area contributed by atoms with E-state index in [0.717, 1.165) is 10.7 Å². The average molecular weight is 322 g/mol. The lowest BCUT2D eigenvalue weighted by Gasteiger charge is -2.07. The minimum Gasteiger partial charge on any atom is -0.337 e. The smallest absolute Gasteiger partial charge is 0.319 e. The quantitative estimate of drug-likeness (QED) is 0.776. The van der Waals surface area contributed by atoms with Crippen LogP contribution in [0.15, 0.2) is 36.0 Å². The predicted molar refractivity (Wildman–Crippen MR) is 83.0 cm³/mol. The number of thiazole rings is 1. The summed E-state index contributed by atoms with van der Waals surface area (Å²) in [4.78, 5) is 12.6. The molecule has 6 nitrogen and oxygen atoms in total. The largest absolute Gasteiger partial charge is 0.337 e. The third kappa shape index (κ3) is 3.32. The van der Waals surface area contributed by atoms with E-state index in [-0.39, 0.29) is 6.03 Å². The molecule has 0 aliphatic carbocycles. The highest BCUT2D eigenvalue weighted by molar-refractivity contribution is 7.15. The molecule has 0 atom stereocenters. The molecule has 8 heteroatoms. The molecule has 0 saturated heterocycles. The van der Waals surface area contributed by atoms with E-state index in [1.165, 1.54) is 11.3 Å². The maximum absolute atomic E-state index is 11.8. The monoisotopic (exact) mass is 321 g/mol. The van der Waals surface area contributed by atoms with E-state index in [2.05, 4.69) is 20.8 Å². The fourth-order valence-corrected chi connectivity index (χ4v) is 2.94. The van der Waals surface area contributed by atoms with Crippen LogP contribution >= 0.6 is 22.9 Å². The van der Waals surface area contributed by atoms with Gasteiger partial charge in [0.1, 0.15) is 6.33 Å². The van der Waals surface area contributed by atoms with Crippen LogP contribution in [0, 0.1) is 0 Å². The Morgan fingerprint density at radius 1 is 1.43 bits per heavy atom. The summed E-state index contributed by atoms with van der Waals surface area (Å²) in [5.74, 6) is 0. The molecule has 21 heavy (non-hydrogen) atoms. The molecule has 3 rings (SSSR count). The summed E-state index contributed by atoms with van der Waals surface area (Å²) >= 11 is 7.39. The van der Waals surface area contributed by atoms with Crippen molar-refractivity contribution < 1.29 is 4.79 Å². The summed E-state index contributed by atoms with van der Waals surface area (Å²) in [6, 6.07) is 6.76. The number of urea groups is 1. The van der Waals surface area contributed by atoms with Crippen LogP contribution in [-0.2, 0) is 6.42 Å². The Bertz CT molecular complexity index is 769. The summed E-state index contributed by atoms with van der Waals surface area (Å²) < 4.78 is 1.92. The maximum atomic E-state index is 11.8. The predicted octanol–water partition coefficient (Wildman–Crippen LogP) is 2.81. The first-order valence-corrected chi connectivity index (χ1v) is 7.54. The Labute approximate surface area is 129 Å². The molecular weight excluding hydrogens is 310 g/mol. The van der Waals surface area contributed by atoms with Crippen molar-refractivity contribution in [1.29, 1.82) is 0 Å². The number of anilines is 1.